The summed E-state index contributed by atoms with van der Waals surface area (Å²) in [6.07, 6.45) is 0. The van der Waals surface area contributed by atoms with Gasteiger partial charge in [0.15, 0.2) is 0 Å². The first kappa shape index (κ1) is 13.9. The van der Waals surface area contributed by atoms with Gasteiger partial charge in [-0.3, -0.25) is 9.36 Å². The Morgan fingerprint density at radius 2 is 1.64 bits per heavy atom. The van der Waals surface area contributed by atoms with Crippen LogP contribution in [0.4, 0.5) is 0 Å². The first-order chi connectivity index (χ1) is 5.98. The first-order valence-electron chi connectivity index (χ1n) is 3.31. The normalized spacial score (nSPS) is 15.1. The van der Waals surface area contributed by atoms with E-state index < -0.39 is 26.8 Å². The quantitative estimate of drug-likeness (QED) is 0.376. The number of rotatable bonds is 3. The van der Waals surface area contributed by atoms with Gasteiger partial charge in [0.25, 0.3) is 5.91 Å². The van der Waals surface area contributed by atoms with Gasteiger partial charge in [-0.25, -0.2) is 0 Å². The van der Waals surface area contributed by atoms with E-state index in [1.807, 2.05) is 0 Å². The van der Waals surface area contributed by atoms with E-state index in [1.165, 1.54) is 14.1 Å². The van der Waals surface area contributed by atoms with Crippen molar-refractivity contribution in [2.45, 2.75) is 5.40 Å². The molecule has 0 aliphatic carbocycles. The van der Waals surface area contributed by atoms with E-state index in [2.05, 4.69) is 0 Å². The smallest absolute Gasteiger partial charge is 0.345 e. The molecule has 1 unspecified atom stereocenters. The summed E-state index contributed by atoms with van der Waals surface area (Å²) >= 11 is 0. The molecule has 0 saturated carbocycles. The van der Waals surface area contributed by atoms with Crippen molar-refractivity contribution in [2.75, 3.05) is 14.1 Å². The minimum Gasteiger partial charge on any atom is -0.345 e. The van der Waals surface area contributed by atoms with Crippen molar-refractivity contribution < 1.29 is 33.8 Å². The van der Waals surface area contributed by atoms with Gasteiger partial charge in [0, 0.05) is 14.1 Å². The van der Waals surface area contributed by atoms with Crippen LogP contribution in [0.3, 0.4) is 0 Å². The van der Waals surface area contributed by atoms with Crippen LogP contribution in [0.1, 0.15) is 0 Å². The number of amides is 1. The zero-order valence-electron chi connectivity index (χ0n) is 7.47. The predicted molar refractivity (Wildman–Crippen MR) is 48.1 cm³/mol. The molecule has 0 spiro atoms. The molecule has 0 heterocycles. The molecule has 0 aromatic rings. The van der Waals surface area contributed by atoms with Crippen molar-refractivity contribution in [3.63, 3.8) is 0 Å². The Balaban J connectivity index is 5.15. The molecule has 0 saturated heterocycles. The zero-order chi connectivity index (χ0) is 11.7. The fourth-order valence-electron chi connectivity index (χ4n) is 0.725. The molecule has 8 nitrogen and oxygen atoms in total. The number of carbonyl (C=O) groups excluding carboxylic acids is 1. The van der Waals surface area contributed by atoms with E-state index in [0.29, 0.717) is 0 Å². The second-order valence-corrected chi connectivity index (χ2v) is 6.66. The molecular weight excluding hydrogens is 236 g/mol. The van der Waals surface area contributed by atoms with Gasteiger partial charge in [0.05, 0.1) is 0 Å². The van der Waals surface area contributed by atoms with Crippen molar-refractivity contribution >= 4 is 21.4 Å². The fraction of sp³-hybridized carbons (Fsp3) is 0.750. The third kappa shape index (κ3) is 3.59. The molecule has 1 amide bonds. The minimum absolute atomic E-state index is 0.751. The average molecular weight is 248 g/mol. The van der Waals surface area contributed by atoms with E-state index in [1.54, 1.807) is 0 Å². The van der Waals surface area contributed by atoms with Crippen LogP contribution >= 0.6 is 15.5 Å². The highest BCUT2D eigenvalue weighted by Crippen LogP contribution is 2.65. The number of nitrogens with zero attached hydrogens (tertiary/aromatic N) is 1. The van der Waals surface area contributed by atoms with E-state index in [4.69, 9.17) is 24.5 Å². The van der Waals surface area contributed by atoms with Crippen molar-refractivity contribution in [2.24, 2.45) is 0 Å². The number of hydrogen-bond acceptors (Lipinski definition) is 5. The average Bonchev–Trinajstić information content (AvgIpc) is 1.79. The first-order valence-corrected chi connectivity index (χ1v) is 6.71. The molecule has 0 aliphatic rings. The monoisotopic (exact) mass is 248 g/mol. The highest BCUT2D eigenvalue weighted by atomic mass is 31.3. The van der Waals surface area contributed by atoms with Crippen LogP contribution in [0.2, 0.25) is 0 Å². The molecule has 84 valence electrons. The summed E-state index contributed by atoms with van der Waals surface area (Å²) in [5.74, 6) is -1.24. The topological polar surface area (TPSA) is 139 Å². The molecule has 0 bridgehead atoms. The van der Waals surface area contributed by atoms with E-state index in [9.17, 15) is 9.36 Å². The van der Waals surface area contributed by atoms with Gasteiger partial charge >= 0.3 is 20.9 Å². The van der Waals surface area contributed by atoms with Gasteiger partial charge in [-0.05, 0) is 0 Å². The molecule has 0 rings (SSSR count). The maximum absolute atomic E-state index is 11.1. The van der Waals surface area contributed by atoms with Crippen LogP contribution < -0.4 is 0 Å². The summed E-state index contributed by atoms with van der Waals surface area (Å²) in [6.45, 7) is 0. The molecule has 14 heavy (non-hydrogen) atoms. The second kappa shape index (κ2) is 4.20. The van der Waals surface area contributed by atoms with Gasteiger partial charge in [-0.2, -0.15) is 14.7 Å². The highest BCUT2D eigenvalue weighted by Gasteiger charge is 2.60. The molecule has 0 aliphatic heterocycles. The maximum atomic E-state index is 11.1. The van der Waals surface area contributed by atoms with Gasteiger partial charge in [0.1, 0.15) is 0 Å². The minimum atomic E-state index is -5.10. The van der Waals surface area contributed by atoms with Crippen LogP contribution in [0.5, 0.6) is 0 Å². The largest absolute Gasteiger partial charge is 0.429 e. The molecule has 0 fully saturated rings. The molecule has 1 atom stereocenters. The lowest BCUT2D eigenvalue weighted by Crippen LogP contribution is -2.35. The third-order valence-corrected chi connectivity index (χ3v) is 4.88. The van der Waals surface area contributed by atoms with Gasteiger partial charge in [-0.1, -0.05) is 0 Å². The SMILES string of the molecule is CN(C)C(=O)C(P(=O)(O)O)[P+](O)(O)O. The Morgan fingerprint density at radius 3 is 1.71 bits per heavy atom. The van der Waals surface area contributed by atoms with Crippen molar-refractivity contribution in [1.82, 2.24) is 4.90 Å². The lowest BCUT2D eigenvalue weighted by molar-refractivity contribution is -0.127. The molecule has 0 aromatic heterocycles. The molecule has 5 N–H and O–H groups in total. The van der Waals surface area contributed by atoms with Crippen LogP contribution in [-0.2, 0) is 9.36 Å². The van der Waals surface area contributed by atoms with E-state index in [0.717, 1.165) is 4.90 Å². The lowest BCUT2D eigenvalue weighted by Gasteiger charge is -2.20. The Hall–Kier alpha value is -0.0700. The standard InChI is InChI=1S/C4H11NO7P2/c1-5(2)3(6)4(13(7,8)9)14(10,11)12/h4,7-9H,1-2H3,(H-,10,11,12)/p+1. The summed E-state index contributed by atoms with van der Waals surface area (Å²) < 4.78 is 10.7. The predicted octanol–water partition coefficient (Wildman–Crippen LogP) is -1.68. The molecule has 0 radical (unpaired) electrons. The van der Waals surface area contributed by atoms with Gasteiger partial charge < -0.3 is 14.7 Å². The van der Waals surface area contributed by atoms with Crippen LogP contribution in [0.25, 0.3) is 0 Å². The van der Waals surface area contributed by atoms with Gasteiger partial charge in [0.2, 0.25) is 0 Å². The Morgan fingerprint density at radius 1 is 1.29 bits per heavy atom. The molecule has 0 aromatic carbocycles. The van der Waals surface area contributed by atoms with Gasteiger partial charge in [-0.15, -0.1) is 0 Å². The van der Waals surface area contributed by atoms with Crippen LogP contribution in [0.15, 0.2) is 0 Å². The fourth-order valence-corrected chi connectivity index (χ4v) is 3.39. The maximum Gasteiger partial charge on any atom is 0.429 e. The van der Waals surface area contributed by atoms with Crippen molar-refractivity contribution in [3.8, 4) is 0 Å². The Kier molecular flexibility index (Phi) is 4.18. The summed E-state index contributed by atoms with van der Waals surface area (Å²) in [5.41, 5.74) is 0. The number of carbonyl (C=O) groups is 1. The summed E-state index contributed by atoms with van der Waals surface area (Å²) in [7, 11) is -7.68. The van der Waals surface area contributed by atoms with Crippen LogP contribution in [0, 0.1) is 0 Å². The van der Waals surface area contributed by atoms with Crippen molar-refractivity contribution in [3.05, 3.63) is 0 Å². The molecular formula is C4H12NO7P2+. The highest BCUT2D eigenvalue weighted by molar-refractivity contribution is 7.75. The molecule has 10 heteroatoms. The van der Waals surface area contributed by atoms with Crippen LogP contribution in [-0.4, -0.2) is 54.8 Å². The summed E-state index contributed by atoms with van der Waals surface area (Å²) in [4.78, 5) is 55.3. The van der Waals surface area contributed by atoms with Crippen molar-refractivity contribution in [1.29, 1.82) is 0 Å². The second-order valence-electron chi connectivity index (χ2n) is 2.81. The summed E-state index contributed by atoms with van der Waals surface area (Å²) in [6, 6.07) is 0. The lowest BCUT2D eigenvalue weighted by atomic mass is 10.6. The van der Waals surface area contributed by atoms with E-state index in [-0.39, 0.29) is 0 Å². The zero-order valence-corrected chi connectivity index (χ0v) is 9.26. The third-order valence-electron chi connectivity index (χ3n) is 1.31. The summed E-state index contributed by atoms with van der Waals surface area (Å²) in [5, 5.41) is -2.50. The Bertz CT molecular complexity index is 265. The Labute approximate surface area is 80.5 Å². The number of hydrogen-bond donors (Lipinski definition) is 5. The van der Waals surface area contributed by atoms with E-state index >= 15 is 0 Å².